The molecule has 1 rings (SSSR count). The molecule has 1 N–H and O–H groups in total. The first-order valence-electron chi connectivity index (χ1n) is 7.73. The van der Waals surface area contributed by atoms with Crippen molar-refractivity contribution in [3.8, 4) is 0 Å². The van der Waals surface area contributed by atoms with E-state index < -0.39 is 0 Å². The Labute approximate surface area is 113 Å². The number of nitrogens with one attached hydrogen (secondary N) is 1. The fourth-order valence-corrected chi connectivity index (χ4v) is 2.72. The fraction of sp³-hybridized carbons (Fsp3) is 0.875. The molecule has 0 aromatic carbocycles. The lowest BCUT2D eigenvalue weighted by Gasteiger charge is -2.24. The van der Waals surface area contributed by atoms with Gasteiger partial charge in [0.1, 0.15) is 0 Å². The summed E-state index contributed by atoms with van der Waals surface area (Å²) in [7, 11) is 1.81. The van der Waals surface area contributed by atoms with Gasteiger partial charge in [-0.15, -0.1) is 0 Å². The van der Waals surface area contributed by atoms with Gasteiger partial charge in [-0.3, -0.25) is 0 Å². The van der Waals surface area contributed by atoms with E-state index in [1.54, 1.807) is 5.57 Å². The van der Waals surface area contributed by atoms with Crippen LogP contribution in [0, 0.1) is 0 Å². The molecule has 2 heteroatoms. The molecule has 106 valence electrons. The Hall–Kier alpha value is -0.340. The van der Waals surface area contributed by atoms with Crippen LogP contribution in [0.2, 0.25) is 0 Å². The molecule has 0 aromatic heterocycles. The van der Waals surface area contributed by atoms with E-state index in [0.29, 0.717) is 12.1 Å². The Bertz CT molecular complexity index is 237. The van der Waals surface area contributed by atoms with Crippen molar-refractivity contribution in [3.05, 3.63) is 11.6 Å². The first-order chi connectivity index (χ1) is 8.77. The van der Waals surface area contributed by atoms with Crippen molar-refractivity contribution in [2.45, 2.75) is 77.4 Å². The smallest absolute Gasteiger partial charge is 0.0543 e. The topological polar surface area (TPSA) is 21.3 Å². The first kappa shape index (κ1) is 15.7. The van der Waals surface area contributed by atoms with Crippen molar-refractivity contribution in [3.63, 3.8) is 0 Å². The van der Waals surface area contributed by atoms with Crippen LogP contribution in [0.5, 0.6) is 0 Å². The molecule has 1 aliphatic rings. The summed E-state index contributed by atoms with van der Waals surface area (Å²) in [6.45, 7) is 5.43. The standard InChI is InChI=1S/C16H31NO/c1-4-17-16(13-12-14(2)18-3)15-10-8-6-5-7-9-11-15/h10,14,16-17H,4-9,11-13H2,1-3H3. The number of hydrogen-bond donors (Lipinski definition) is 1. The molecular formula is C16H31NO. The van der Waals surface area contributed by atoms with Crippen molar-refractivity contribution in [1.29, 1.82) is 0 Å². The van der Waals surface area contributed by atoms with Gasteiger partial charge in [0.25, 0.3) is 0 Å². The van der Waals surface area contributed by atoms with Crippen LogP contribution in [0.25, 0.3) is 0 Å². The molecule has 0 spiro atoms. The van der Waals surface area contributed by atoms with E-state index in [2.05, 4.69) is 25.2 Å². The maximum atomic E-state index is 5.36. The number of ether oxygens (including phenoxy) is 1. The molecule has 0 aromatic rings. The Balaban J connectivity index is 2.51. The third-order valence-corrected chi connectivity index (χ3v) is 3.99. The highest BCUT2D eigenvalue weighted by atomic mass is 16.5. The summed E-state index contributed by atoms with van der Waals surface area (Å²) in [5.41, 5.74) is 1.65. The minimum Gasteiger partial charge on any atom is -0.382 e. The summed E-state index contributed by atoms with van der Waals surface area (Å²) in [6, 6.07) is 0.575. The second-order valence-electron chi connectivity index (χ2n) is 5.47. The van der Waals surface area contributed by atoms with E-state index >= 15 is 0 Å². The van der Waals surface area contributed by atoms with Gasteiger partial charge in [-0.1, -0.05) is 31.4 Å². The summed E-state index contributed by atoms with van der Waals surface area (Å²) in [5.74, 6) is 0. The largest absolute Gasteiger partial charge is 0.382 e. The average Bonchev–Trinajstić information content (AvgIpc) is 2.34. The van der Waals surface area contributed by atoms with Crippen LogP contribution >= 0.6 is 0 Å². The summed E-state index contributed by atoms with van der Waals surface area (Å²) in [5, 5.41) is 3.66. The average molecular weight is 253 g/mol. The highest BCUT2D eigenvalue weighted by Gasteiger charge is 2.15. The van der Waals surface area contributed by atoms with Crippen LogP contribution in [0.4, 0.5) is 0 Å². The molecular weight excluding hydrogens is 222 g/mol. The zero-order chi connectivity index (χ0) is 13.2. The molecule has 0 saturated heterocycles. The maximum absolute atomic E-state index is 5.36. The lowest BCUT2D eigenvalue weighted by molar-refractivity contribution is 0.107. The molecule has 0 amide bonds. The second kappa shape index (κ2) is 9.57. The van der Waals surface area contributed by atoms with E-state index in [-0.39, 0.29) is 0 Å². The van der Waals surface area contributed by atoms with Crippen molar-refractivity contribution in [2.75, 3.05) is 13.7 Å². The van der Waals surface area contributed by atoms with Gasteiger partial charge < -0.3 is 10.1 Å². The zero-order valence-electron chi connectivity index (χ0n) is 12.5. The second-order valence-corrected chi connectivity index (χ2v) is 5.47. The lowest BCUT2D eigenvalue weighted by Crippen LogP contribution is -2.32. The van der Waals surface area contributed by atoms with E-state index in [1.165, 1.54) is 44.9 Å². The summed E-state index contributed by atoms with van der Waals surface area (Å²) in [4.78, 5) is 0. The zero-order valence-corrected chi connectivity index (χ0v) is 12.5. The Morgan fingerprint density at radius 2 is 2.00 bits per heavy atom. The number of methoxy groups -OCH3 is 1. The van der Waals surface area contributed by atoms with Crippen molar-refractivity contribution < 1.29 is 4.74 Å². The van der Waals surface area contributed by atoms with Gasteiger partial charge in [-0.05, 0) is 52.0 Å². The van der Waals surface area contributed by atoms with Crippen molar-refractivity contribution in [1.82, 2.24) is 5.32 Å². The van der Waals surface area contributed by atoms with E-state index in [9.17, 15) is 0 Å². The summed E-state index contributed by atoms with van der Waals surface area (Å²) < 4.78 is 5.36. The van der Waals surface area contributed by atoms with Gasteiger partial charge in [0.2, 0.25) is 0 Å². The van der Waals surface area contributed by atoms with Crippen molar-refractivity contribution in [2.24, 2.45) is 0 Å². The van der Waals surface area contributed by atoms with Gasteiger partial charge in [0.15, 0.2) is 0 Å². The highest BCUT2D eigenvalue weighted by Crippen LogP contribution is 2.22. The number of rotatable bonds is 7. The Morgan fingerprint density at radius 1 is 1.22 bits per heavy atom. The molecule has 0 heterocycles. The molecule has 2 atom stereocenters. The maximum Gasteiger partial charge on any atom is 0.0543 e. The predicted octanol–water partition coefficient (Wildman–Crippen LogP) is 4.06. The number of allylic oxidation sites excluding steroid dienone is 1. The van der Waals surface area contributed by atoms with Gasteiger partial charge in [0, 0.05) is 13.2 Å². The van der Waals surface area contributed by atoms with Crippen LogP contribution in [-0.2, 0) is 4.74 Å². The molecule has 0 saturated carbocycles. The van der Waals surface area contributed by atoms with Crippen LogP contribution < -0.4 is 5.32 Å². The van der Waals surface area contributed by atoms with Crippen LogP contribution in [0.3, 0.4) is 0 Å². The molecule has 0 radical (unpaired) electrons. The summed E-state index contributed by atoms with van der Waals surface area (Å²) in [6.07, 6.45) is 13.4. The quantitative estimate of drug-likeness (QED) is 0.691. The van der Waals surface area contributed by atoms with Gasteiger partial charge >= 0.3 is 0 Å². The third kappa shape index (κ3) is 6.01. The summed E-state index contributed by atoms with van der Waals surface area (Å²) >= 11 is 0. The molecule has 2 unspecified atom stereocenters. The van der Waals surface area contributed by atoms with E-state index in [4.69, 9.17) is 4.74 Å². The van der Waals surface area contributed by atoms with Crippen molar-refractivity contribution >= 4 is 0 Å². The fourth-order valence-electron chi connectivity index (χ4n) is 2.72. The Morgan fingerprint density at radius 3 is 2.72 bits per heavy atom. The lowest BCUT2D eigenvalue weighted by atomic mass is 9.92. The van der Waals surface area contributed by atoms with Crippen LogP contribution in [0.1, 0.15) is 65.2 Å². The van der Waals surface area contributed by atoms with Crippen LogP contribution in [0.15, 0.2) is 11.6 Å². The minimum absolute atomic E-state index is 0.375. The molecule has 0 fully saturated rings. The van der Waals surface area contributed by atoms with E-state index in [1.807, 2.05) is 7.11 Å². The Kier molecular flexibility index (Phi) is 8.36. The minimum atomic E-state index is 0.375. The predicted molar refractivity (Wildman–Crippen MR) is 79.0 cm³/mol. The molecule has 18 heavy (non-hydrogen) atoms. The molecule has 1 aliphatic carbocycles. The first-order valence-corrected chi connectivity index (χ1v) is 7.73. The third-order valence-electron chi connectivity index (χ3n) is 3.99. The normalized spacial score (nSPS) is 20.7. The number of hydrogen-bond acceptors (Lipinski definition) is 2. The monoisotopic (exact) mass is 253 g/mol. The van der Waals surface area contributed by atoms with Gasteiger partial charge in [0.05, 0.1) is 6.10 Å². The van der Waals surface area contributed by atoms with Gasteiger partial charge in [-0.2, -0.15) is 0 Å². The molecule has 0 bridgehead atoms. The highest BCUT2D eigenvalue weighted by molar-refractivity contribution is 5.11. The van der Waals surface area contributed by atoms with Gasteiger partial charge in [-0.25, -0.2) is 0 Å². The van der Waals surface area contributed by atoms with E-state index in [0.717, 1.165) is 13.0 Å². The number of likely N-dealkylation sites (N-methyl/N-ethyl adjacent to an activating group) is 1. The molecule has 0 aliphatic heterocycles. The SMILES string of the molecule is CCNC(CCC(C)OC)C1=CCCCCCC1. The van der Waals surface area contributed by atoms with Crippen LogP contribution in [-0.4, -0.2) is 25.8 Å². The molecule has 2 nitrogen and oxygen atoms in total.